The molecular formula is C54H38O2Si2. The summed E-state index contributed by atoms with van der Waals surface area (Å²) in [6.07, 6.45) is 0. The monoisotopic (exact) mass is 774 g/mol. The first-order valence-electron chi connectivity index (χ1n) is 20.4. The van der Waals surface area contributed by atoms with Gasteiger partial charge in [-0.1, -0.05) is 160 Å². The molecule has 4 heteroatoms. The van der Waals surface area contributed by atoms with Gasteiger partial charge in [0.05, 0.1) is 0 Å². The summed E-state index contributed by atoms with van der Waals surface area (Å²) >= 11 is 0. The van der Waals surface area contributed by atoms with Gasteiger partial charge in [0.1, 0.15) is 38.5 Å². The van der Waals surface area contributed by atoms with E-state index in [1.807, 2.05) is 0 Å². The van der Waals surface area contributed by atoms with Gasteiger partial charge in [0.25, 0.3) is 0 Å². The second-order valence-electron chi connectivity index (χ2n) is 17.6. The molecule has 0 unspecified atom stereocenters. The molecule has 0 N–H and O–H groups in total. The zero-order chi connectivity index (χ0) is 38.7. The van der Waals surface area contributed by atoms with Gasteiger partial charge in [0.15, 0.2) is 0 Å². The smallest absolute Gasteiger partial charge is 0.143 e. The van der Waals surface area contributed by atoms with Crippen molar-refractivity contribution in [1.29, 1.82) is 0 Å². The minimum Gasteiger partial charge on any atom is -0.455 e. The molecule has 13 rings (SSSR count). The Morgan fingerprint density at radius 2 is 0.759 bits per heavy atom. The maximum Gasteiger partial charge on any atom is 0.143 e. The van der Waals surface area contributed by atoms with E-state index in [1.165, 1.54) is 98.0 Å². The van der Waals surface area contributed by atoms with Crippen LogP contribution in [0.2, 0.25) is 26.2 Å². The van der Waals surface area contributed by atoms with Crippen LogP contribution < -0.4 is 20.7 Å². The minimum absolute atomic E-state index is 0.944. The summed E-state index contributed by atoms with van der Waals surface area (Å²) in [6, 6.07) is 58.4. The standard InChI is InChI=1S/C54H38O2Si2/c1-57(2)45-29-41(35-23-21-31-13-5-7-15-33(31)27-35)51-49(37-17-9-11-19-43(37)55-51)47(45)39-25-26-40-48-46(58(3,4)54(40)53(39)57)30-42(36-24-22-32-14-6-8-16-34(32)28-36)52-50(48)38-18-10-12-20-44(38)56-52/h5-30H,1-4H3. The van der Waals surface area contributed by atoms with Crippen LogP contribution in [0.3, 0.4) is 0 Å². The van der Waals surface area contributed by atoms with Crippen LogP contribution in [0.25, 0.3) is 110 Å². The zero-order valence-electron chi connectivity index (χ0n) is 32.8. The molecule has 0 radical (unpaired) electrons. The quantitative estimate of drug-likeness (QED) is 0.164. The lowest BCUT2D eigenvalue weighted by Gasteiger charge is -2.28. The Hall–Kier alpha value is -6.47. The van der Waals surface area contributed by atoms with Crippen LogP contribution >= 0.6 is 0 Å². The number of benzene rings is 9. The van der Waals surface area contributed by atoms with Crippen molar-refractivity contribution in [2.75, 3.05) is 0 Å². The lowest BCUT2D eigenvalue weighted by atomic mass is 9.91. The third kappa shape index (κ3) is 4.11. The van der Waals surface area contributed by atoms with Crippen LogP contribution in [0.5, 0.6) is 0 Å². The average molecular weight is 775 g/mol. The first-order valence-corrected chi connectivity index (χ1v) is 26.4. The highest BCUT2D eigenvalue weighted by molar-refractivity contribution is 7.13. The van der Waals surface area contributed by atoms with Gasteiger partial charge >= 0.3 is 0 Å². The molecule has 4 heterocycles. The summed E-state index contributed by atoms with van der Waals surface area (Å²) in [6.45, 7) is 10.4. The molecule has 0 amide bonds. The van der Waals surface area contributed by atoms with Crippen molar-refractivity contribution in [3.8, 4) is 44.5 Å². The molecule has 58 heavy (non-hydrogen) atoms. The average Bonchev–Trinajstić information content (AvgIpc) is 3.95. The zero-order valence-corrected chi connectivity index (χ0v) is 34.8. The number of hydrogen-bond donors (Lipinski definition) is 0. The number of para-hydroxylation sites is 2. The van der Waals surface area contributed by atoms with E-state index < -0.39 is 16.1 Å². The SMILES string of the molecule is C[Si]1(C)c2cc(-c3ccc4ccccc4c3)c3oc4ccccc4c3c2-c2ccc3c(c21)[Si](C)(C)c1cc(-c2ccc4ccccc4c2)c2oc4ccccc4c2c1-3. The lowest BCUT2D eigenvalue weighted by molar-refractivity contribution is 0.670. The number of rotatable bonds is 2. The van der Waals surface area contributed by atoms with E-state index in [-0.39, 0.29) is 0 Å². The summed E-state index contributed by atoms with van der Waals surface area (Å²) in [5.74, 6) is 0. The van der Waals surface area contributed by atoms with Crippen LogP contribution in [0.1, 0.15) is 0 Å². The topological polar surface area (TPSA) is 26.3 Å². The van der Waals surface area contributed by atoms with Crippen LogP contribution in [-0.2, 0) is 0 Å². The molecule has 0 bridgehead atoms. The van der Waals surface area contributed by atoms with E-state index in [4.69, 9.17) is 8.83 Å². The summed E-state index contributed by atoms with van der Waals surface area (Å²) < 4.78 is 13.8. The predicted octanol–water partition coefficient (Wildman–Crippen LogP) is 12.7. The van der Waals surface area contributed by atoms with E-state index in [1.54, 1.807) is 10.4 Å². The summed E-state index contributed by atoms with van der Waals surface area (Å²) in [7, 11) is -4.61. The van der Waals surface area contributed by atoms with Gasteiger partial charge in [0.2, 0.25) is 0 Å². The first kappa shape index (κ1) is 32.6. The second-order valence-corrected chi connectivity index (χ2v) is 26.2. The third-order valence-electron chi connectivity index (χ3n) is 13.8. The Morgan fingerprint density at radius 1 is 0.362 bits per heavy atom. The molecule has 0 saturated carbocycles. The van der Waals surface area contributed by atoms with Gasteiger partial charge in [-0.05, 0) is 99.9 Å². The third-order valence-corrected chi connectivity index (χ3v) is 21.0. The molecule has 2 aliphatic rings. The lowest BCUT2D eigenvalue weighted by Crippen LogP contribution is -2.63. The van der Waals surface area contributed by atoms with Gasteiger partial charge in [-0.25, -0.2) is 0 Å². The van der Waals surface area contributed by atoms with Crippen LogP contribution in [0.15, 0.2) is 167 Å². The maximum atomic E-state index is 6.92. The fourth-order valence-corrected chi connectivity index (χ4v) is 19.6. The molecular weight excluding hydrogens is 737 g/mol. The molecule has 2 aromatic heterocycles. The van der Waals surface area contributed by atoms with Gasteiger partial charge in [0, 0.05) is 32.7 Å². The van der Waals surface area contributed by atoms with Crippen molar-refractivity contribution in [3.05, 3.63) is 158 Å². The number of furan rings is 2. The second kappa shape index (κ2) is 11.1. The Labute approximate surface area is 338 Å². The summed E-state index contributed by atoms with van der Waals surface area (Å²) in [5.41, 5.74) is 14.2. The molecule has 0 fully saturated rings. The summed E-state index contributed by atoms with van der Waals surface area (Å²) in [5, 5.41) is 16.1. The fraction of sp³-hybridized carbons (Fsp3) is 0.0741. The Balaban J connectivity index is 1.11. The molecule has 0 atom stereocenters. The molecule has 0 saturated heterocycles. The molecule has 11 aromatic rings. The molecule has 0 spiro atoms. The van der Waals surface area contributed by atoms with E-state index >= 15 is 0 Å². The largest absolute Gasteiger partial charge is 0.455 e. The predicted molar refractivity (Wildman–Crippen MR) is 251 cm³/mol. The van der Waals surface area contributed by atoms with Gasteiger partial charge in [-0.15, -0.1) is 0 Å². The Bertz CT molecular complexity index is 3400. The van der Waals surface area contributed by atoms with Crippen LogP contribution in [-0.4, -0.2) is 16.1 Å². The summed E-state index contributed by atoms with van der Waals surface area (Å²) in [4.78, 5) is 0. The fourth-order valence-electron chi connectivity index (χ4n) is 11.1. The Kier molecular flexibility index (Phi) is 6.26. The number of fused-ring (bicyclic) bond motifs is 17. The van der Waals surface area contributed by atoms with Crippen molar-refractivity contribution in [3.63, 3.8) is 0 Å². The normalized spacial score (nSPS) is 14.8. The molecule has 2 aliphatic heterocycles. The van der Waals surface area contributed by atoms with Gasteiger partial charge < -0.3 is 8.83 Å². The van der Waals surface area contributed by atoms with Crippen LogP contribution in [0, 0.1) is 0 Å². The van der Waals surface area contributed by atoms with Crippen LogP contribution in [0.4, 0.5) is 0 Å². The van der Waals surface area contributed by atoms with E-state index in [9.17, 15) is 0 Å². The van der Waals surface area contributed by atoms with Crippen molar-refractivity contribution >= 4 is 102 Å². The van der Waals surface area contributed by atoms with Gasteiger partial charge in [-0.2, -0.15) is 0 Å². The van der Waals surface area contributed by atoms with Crippen molar-refractivity contribution in [2.24, 2.45) is 0 Å². The van der Waals surface area contributed by atoms with E-state index in [2.05, 4.69) is 184 Å². The molecule has 9 aromatic carbocycles. The van der Waals surface area contributed by atoms with Gasteiger partial charge in [-0.3, -0.25) is 0 Å². The highest BCUT2D eigenvalue weighted by Crippen LogP contribution is 2.48. The van der Waals surface area contributed by atoms with Crippen molar-refractivity contribution in [1.82, 2.24) is 0 Å². The number of hydrogen-bond acceptors (Lipinski definition) is 2. The molecule has 0 aliphatic carbocycles. The highest BCUT2D eigenvalue weighted by atomic mass is 28.3. The Morgan fingerprint density at radius 3 is 1.21 bits per heavy atom. The minimum atomic E-state index is -2.31. The van der Waals surface area contributed by atoms with Crippen molar-refractivity contribution < 1.29 is 8.83 Å². The molecule has 2 nitrogen and oxygen atoms in total. The molecule has 274 valence electrons. The van der Waals surface area contributed by atoms with Crippen molar-refractivity contribution in [2.45, 2.75) is 26.2 Å². The van der Waals surface area contributed by atoms with E-state index in [0.29, 0.717) is 0 Å². The highest BCUT2D eigenvalue weighted by Gasteiger charge is 2.49. The van der Waals surface area contributed by atoms with E-state index in [0.717, 1.165) is 22.3 Å². The first-order chi connectivity index (χ1) is 28.3. The maximum absolute atomic E-state index is 6.92.